The highest BCUT2D eigenvalue weighted by Gasteiger charge is 2.26. The zero-order chi connectivity index (χ0) is 21.6. The summed E-state index contributed by atoms with van der Waals surface area (Å²) in [6, 6.07) is 18.7. The molecule has 8 heteroatoms. The van der Waals surface area contributed by atoms with Crippen molar-refractivity contribution in [3.05, 3.63) is 83.1 Å². The predicted octanol–water partition coefficient (Wildman–Crippen LogP) is 3.56. The third kappa shape index (κ3) is 5.52. The van der Waals surface area contributed by atoms with Gasteiger partial charge in [0.2, 0.25) is 0 Å². The minimum Gasteiger partial charge on any atom is -0.455 e. The largest absolute Gasteiger partial charge is 0.455 e. The fraction of sp³-hybridized carbons (Fsp3) is 0.261. The molecule has 2 heterocycles. The molecule has 0 radical (unpaired) electrons. The molecule has 3 aromatic rings. The molecular formula is C23H25ClN4O3. The zero-order valence-corrected chi connectivity index (χ0v) is 17.7. The standard InChI is InChI=1S/C23H25ClN4O3/c24-17-11-12-21-19(14-17)28(15-16-6-1-2-9-20(16)31-21)23(30)27-26-22(29)10-5-8-18-7-3-4-13-25-18/h1-4,6-7,9,11-14,22-23,26-27,29-30H,5,8,10,15H2. The lowest BCUT2D eigenvalue weighted by molar-refractivity contribution is 0.0490. The molecule has 0 fully saturated rings. The molecule has 0 saturated carbocycles. The summed E-state index contributed by atoms with van der Waals surface area (Å²) in [6.07, 6.45) is 1.84. The number of ether oxygens (including phenoxy) is 1. The molecule has 1 aromatic heterocycles. The smallest absolute Gasteiger partial charge is 0.197 e. The lowest BCUT2D eigenvalue weighted by Crippen LogP contribution is -2.54. The lowest BCUT2D eigenvalue weighted by Gasteiger charge is -2.31. The fourth-order valence-corrected chi connectivity index (χ4v) is 3.65. The van der Waals surface area contributed by atoms with Gasteiger partial charge in [-0.3, -0.25) is 4.98 Å². The van der Waals surface area contributed by atoms with Crippen LogP contribution in [-0.2, 0) is 13.0 Å². The summed E-state index contributed by atoms with van der Waals surface area (Å²) in [5, 5.41) is 21.6. The van der Waals surface area contributed by atoms with Crippen molar-refractivity contribution in [2.45, 2.75) is 38.4 Å². The molecule has 4 rings (SSSR count). The summed E-state index contributed by atoms with van der Waals surface area (Å²) in [6.45, 7) is 0.398. The number of pyridine rings is 1. The Morgan fingerprint density at radius 2 is 1.87 bits per heavy atom. The van der Waals surface area contributed by atoms with Gasteiger partial charge < -0.3 is 19.8 Å². The minimum absolute atomic E-state index is 0.398. The SMILES string of the molecule is OC(CCCc1ccccn1)NNC(O)N1Cc2ccccc2Oc2ccc(Cl)cc21. The number of anilines is 1. The Bertz CT molecular complexity index is 1010. The van der Waals surface area contributed by atoms with Gasteiger partial charge in [-0.05, 0) is 55.7 Å². The van der Waals surface area contributed by atoms with Gasteiger partial charge in [0.25, 0.3) is 0 Å². The highest BCUT2D eigenvalue weighted by Crippen LogP contribution is 2.40. The van der Waals surface area contributed by atoms with Crippen LogP contribution < -0.4 is 20.5 Å². The van der Waals surface area contributed by atoms with Gasteiger partial charge in [-0.2, -0.15) is 0 Å². The Labute approximate surface area is 186 Å². The van der Waals surface area contributed by atoms with Crippen molar-refractivity contribution in [2.75, 3.05) is 4.90 Å². The fourth-order valence-electron chi connectivity index (χ4n) is 3.48. The number of halogens is 1. The molecule has 2 atom stereocenters. The van der Waals surface area contributed by atoms with Gasteiger partial charge in [0.15, 0.2) is 12.1 Å². The van der Waals surface area contributed by atoms with Crippen molar-refractivity contribution in [2.24, 2.45) is 0 Å². The monoisotopic (exact) mass is 440 g/mol. The number of rotatable bonds is 8. The molecule has 0 saturated heterocycles. The van der Waals surface area contributed by atoms with Gasteiger partial charge in [0.05, 0.1) is 12.2 Å². The Hall–Kier alpha value is -2.68. The second-order valence-electron chi connectivity index (χ2n) is 7.34. The highest BCUT2D eigenvalue weighted by molar-refractivity contribution is 6.31. The number of hydrazine groups is 1. The molecule has 162 valence electrons. The number of aliphatic hydroxyl groups excluding tert-OH is 2. The first-order valence-corrected chi connectivity index (χ1v) is 10.6. The van der Waals surface area contributed by atoms with Crippen LogP contribution in [0.3, 0.4) is 0 Å². The van der Waals surface area contributed by atoms with Gasteiger partial charge in [-0.1, -0.05) is 35.9 Å². The van der Waals surface area contributed by atoms with Gasteiger partial charge in [0.1, 0.15) is 12.0 Å². The molecule has 7 nitrogen and oxygen atoms in total. The Kier molecular flexibility index (Phi) is 7.01. The first kappa shape index (κ1) is 21.5. The number of aliphatic hydroxyl groups is 2. The number of aryl methyl sites for hydroxylation is 1. The molecule has 2 unspecified atom stereocenters. The maximum absolute atomic E-state index is 10.8. The molecule has 1 aliphatic heterocycles. The van der Waals surface area contributed by atoms with E-state index in [-0.39, 0.29) is 0 Å². The quantitative estimate of drug-likeness (QED) is 0.314. The summed E-state index contributed by atoms with van der Waals surface area (Å²) >= 11 is 6.20. The third-order valence-electron chi connectivity index (χ3n) is 5.07. The lowest BCUT2D eigenvalue weighted by atomic mass is 10.1. The summed E-state index contributed by atoms with van der Waals surface area (Å²) in [5.74, 6) is 1.31. The number of hydrogen-bond acceptors (Lipinski definition) is 7. The zero-order valence-electron chi connectivity index (χ0n) is 16.9. The van der Waals surface area contributed by atoms with Gasteiger partial charge in [-0.15, -0.1) is 0 Å². The van der Waals surface area contributed by atoms with Crippen LogP contribution >= 0.6 is 11.6 Å². The molecule has 0 bridgehead atoms. The van der Waals surface area contributed by atoms with Crippen molar-refractivity contribution in [1.82, 2.24) is 15.8 Å². The topological polar surface area (TPSA) is 89.9 Å². The number of nitrogens with one attached hydrogen (secondary N) is 2. The molecule has 0 aliphatic carbocycles. The number of hydrogen-bond donors (Lipinski definition) is 4. The normalized spacial score (nSPS) is 14.7. The average molecular weight is 441 g/mol. The van der Waals surface area contributed by atoms with Crippen LogP contribution in [0.4, 0.5) is 5.69 Å². The van der Waals surface area contributed by atoms with E-state index in [0.29, 0.717) is 29.4 Å². The Morgan fingerprint density at radius 3 is 2.71 bits per heavy atom. The van der Waals surface area contributed by atoms with Gasteiger partial charge in [0, 0.05) is 22.5 Å². The van der Waals surface area contributed by atoms with Crippen LogP contribution in [0.1, 0.15) is 24.1 Å². The molecule has 4 N–H and O–H groups in total. The van der Waals surface area contributed by atoms with Crippen molar-refractivity contribution in [3.8, 4) is 11.5 Å². The minimum atomic E-state index is -1.13. The third-order valence-corrected chi connectivity index (χ3v) is 5.31. The van der Waals surface area contributed by atoms with Crippen molar-refractivity contribution in [1.29, 1.82) is 0 Å². The van der Waals surface area contributed by atoms with E-state index >= 15 is 0 Å². The summed E-state index contributed by atoms with van der Waals surface area (Å²) in [5.41, 5.74) is 8.12. The molecule has 0 amide bonds. The molecule has 0 spiro atoms. The second kappa shape index (κ2) is 10.1. The Balaban J connectivity index is 1.39. The van der Waals surface area contributed by atoms with E-state index in [2.05, 4.69) is 15.8 Å². The van der Waals surface area contributed by atoms with Crippen LogP contribution in [0.5, 0.6) is 11.5 Å². The first-order valence-electron chi connectivity index (χ1n) is 10.2. The number of fused-ring (bicyclic) bond motifs is 2. The molecule has 31 heavy (non-hydrogen) atoms. The number of aromatic nitrogens is 1. The molecule has 2 aromatic carbocycles. The summed E-state index contributed by atoms with van der Waals surface area (Å²) in [7, 11) is 0. The number of nitrogens with zero attached hydrogens (tertiary/aromatic N) is 2. The van der Waals surface area contributed by atoms with Crippen LogP contribution in [-0.4, -0.2) is 27.8 Å². The first-order chi connectivity index (χ1) is 15.1. The van der Waals surface area contributed by atoms with Crippen LogP contribution in [0.15, 0.2) is 66.9 Å². The van der Waals surface area contributed by atoms with Crippen LogP contribution in [0.25, 0.3) is 0 Å². The predicted molar refractivity (Wildman–Crippen MR) is 120 cm³/mol. The summed E-state index contributed by atoms with van der Waals surface area (Å²) < 4.78 is 6.04. The number of benzene rings is 2. The summed E-state index contributed by atoms with van der Waals surface area (Å²) in [4.78, 5) is 6.00. The van der Waals surface area contributed by atoms with E-state index in [1.54, 1.807) is 29.3 Å². The second-order valence-corrected chi connectivity index (χ2v) is 7.78. The van der Waals surface area contributed by atoms with Crippen molar-refractivity contribution < 1.29 is 14.9 Å². The van der Waals surface area contributed by atoms with E-state index in [9.17, 15) is 10.2 Å². The van der Waals surface area contributed by atoms with E-state index in [1.165, 1.54) is 0 Å². The maximum Gasteiger partial charge on any atom is 0.197 e. The molecular weight excluding hydrogens is 416 g/mol. The van der Waals surface area contributed by atoms with E-state index in [1.807, 2.05) is 42.5 Å². The van der Waals surface area contributed by atoms with Crippen LogP contribution in [0.2, 0.25) is 5.02 Å². The van der Waals surface area contributed by atoms with Gasteiger partial charge >= 0.3 is 0 Å². The van der Waals surface area contributed by atoms with Gasteiger partial charge in [-0.25, -0.2) is 10.9 Å². The van der Waals surface area contributed by atoms with Crippen molar-refractivity contribution in [3.63, 3.8) is 0 Å². The van der Waals surface area contributed by atoms with E-state index in [4.69, 9.17) is 16.3 Å². The maximum atomic E-state index is 10.8. The Morgan fingerprint density at radius 1 is 1.03 bits per heavy atom. The van der Waals surface area contributed by atoms with Crippen LogP contribution in [0, 0.1) is 0 Å². The average Bonchev–Trinajstić information content (AvgIpc) is 2.95. The van der Waals surface area contributed by atoms with Crippen molar-refractivity contribution >= 4 is 17.3 Å². The van der Waals surface area contributed by atoms with E-state index < -0.39 is 12.6 Å². The molecule has 1 aliphatic rings. The van der Waals surface area contributed by atoms with E-state index in [0.717, 1.165) is 29.8 Å². The number of para-hydroxylation sites is 1. The highest BCUT2D eigenvalue weighted by atomic mass is 35.5.